The summed E-state index contributed by atoms with van der Waals surface area (Å²) < 4.78 is 38.9. The van der Waals surface area contributed by atoms with Crippen LogP contribution in [-0.2, 0) is 40.3 Å². The van der Waals surface area contributed by atoms with Crippen molar-refractivity contribution in [1.82, 2.24) is 34.6 Å². The Balaban J connectivity index is 1.16. The van der Waals surface area contributed by atoms with Crippen LogP contribution >= 0.6 is 22.9 Å². The molecule has 0 unspecified atom stereocenters. The van der Waals surface area contributed by atoms with Gasteiger partial charge in [-0.05, 0) is 90.7 Å². The molecule has 1 fully saturated rings. The number of para-hydroxylation sites is 1. The van der Waals surface area contributed by atoms with Gasteiger partial charge in [0, 0.05) is 73.9 Å². The normalized spacial score (nSPS) is 15.8. The molecule has 0 saturated carbocycles. The zero-order chi connectivity index (χ0) is 47.3. The Labute approximate surface area is 403 Å². The molecule has 4 aromatic carbocycles. The lowest BCUT2D eigenvalue weighted by atomic mass is 9.94. The molecule has 350 valence electrons. The molecule has 16 heteroatoms. The Morgan fingerprint density at radius 2 is 1.74 bits per heavy atom. The zero-order valence-electron chi connectivity index (χ0n) is 38.3. The van der Waals surface area contributed by atoms with Crippen molar-refractivity contribution in [2.24, 2.45) is 0 Å². The Morgan fingerprint density at radius 1 is 0.926 bits per heavy atom. The van der Waals surface area contributed by atoms with Gasteiger partial charge in [0.2, 0.25) is 17.9 Å². The molecule has 0 radical (unpaired) electrons. The fourth-order valence-electron chi connectivity index (χ4n) is 8.68. The van der Waals surface area contributed by atoms with Gasteiger partial charge in [-0.3, -0.25) is 9.69 Å². The van der Waals surface area contributed by atoms with E-state index in [0.717, 1.165) is 70.0 Å². The molecule has 0 spiro atoms. The predicted octanol–water partition coefficient (Wildman–Crippen LogP) is 8.86. The summed E-state index contributed by atoms with van der Waals surface area (Å²) in [7, 11) is 3.73. The molecule has 1 atom stereocenters. The minimum absolute atomic E-state index is 0.00546. The van der Waals surface area contributed by atoms with E-state index in [-0.39, 0.29) is 50.2 Å². The lowest BCUT2D eigenvalue weighted by molar-refractivity contribution is -0.151. The number of piperazine rings is 1. The van der Waals surface area contributed by atoms with E-state index < -0.39 is 12.1 Å². The van der Waals surface area contributed by atoms with Gasteiger partial charge < -0.3 is 28.7 Å². The van der Waals surface area contributed by atoms with E-state index in [1.807, 2.05) is 66.4 Å². The highest BCUT2D eigenvalue weighted by atomic mass is 35.5. The number of benzene rings is 4. The first-order chi connectivity index (χ1) is 33.1. The number of rotatable bonds is 11. The van der Waals surface area contributed by atoms with Crippen LogP contribution in [0, 0.1) is 12.7 Å². The number of methoxy groups -OCH3 is 1. The van der Waals surface area contributed by atoms with Crippen LogP contribution in [0.25, 0.3) is 43.2 Å². The molecule has 1 amide bonds. The highest BCUT2D eigenvalue weighted by Crippen LogP contribution is 2.49. The molecule has 68 heavy (non-hydrogen) atoms. The number of esters is 1. The van der Waals surface area contributed by atoms with Gasteiger partial charge >= 0.3 is 5.97 Å². The van der Waals surface area contributed by atoms with E-state index in [1.165, 1.54) is 29.8 Å². The van der Waals surface area contributed by atoms with E-state index in [4.69, 9.17) is 35.5 Å². The number of amides is 1. The third-order valence-corrected chi connectivity index (χ3v) is 14.1. The zero-order valence-corrected chi connectivity index (χ0v) is 39.9. The molecule has 3 aromatic heterocycles. The molecular weight excluding hydrogens is 905 g/mol. The van der Waals surface area contributed by atoms with Crippen molar-refractivity contribution < 1.29 is 32.9 Å². The van der Waals surface area contributed by atoms with Gasteiger partial charge in [-0.25, -0.2) is 29.1 Å². The average Bonchev–Trinajstić information content (AvgIpc) is 3.74. The van der Waals surface area contributed by atoms with E-state index in [2.05, 4.69) is 31.8 Å². The predicted molar refractivity (Wildman–Crippen MR) is 261 cm³/mol. The first-order valence-corrected chi connectivity index (χ1v) is 23.8. The molecule has 7 aromatic rings. The molecule has 4 bridgehead atoms. The molecular formula is C52H51ClFN7O6S. The van der Waals surface area contributed by atoms with Crippen molar-refractivity contribution in [3.8, 4) is 50.3 Å². The molecule has 6 heterocycles. The second-order valence-corrected chi connectivity index (χ2v) is 18.3. The van der Waals surface area contributed by atoms with Crippen molar-refractivity contribution in [2.75, 3.05) is 60.0 Å². The number of hydrogen-bond acceptors (Lipinski definition) is 13. The van der Waals surface area contributed by atoms with Crippen LogP contribution in [0.1, 0.15) is 34.9 Å². The van der Waals surface area contributed by atoms with E-state index in [9.17, 15) is 14.0 Å². The summed E-state index contributed by atoms with van der Waals surface area (Å²) in [5.74, 6) is 0.676. The Hall–Kier alpha value is -6.52. The topological polar surface area (TPSA) is 132 Å². The highest BCUT2D eigenvalue weighted by Gasteiger charge is 2.31. The van der Waals surface area contributed by atoms with Crippen molar-refractivity contribution in [3.63, 3.8) is 0 Å². The Bertz CT molecular complexity index is 2960. The van der Waals surface area contributed by atoms with Gasteiger partial charge in [0.15, 0.2) is 5.82 Å². The second kappa shape index (κ2) is 20.8. The number of ether oxygens (including phenoxy) is 4. The van der Waals surface area contributed by atoms with E-state index in [1.54, 1.807) is 38.4 Å². The first-order valence-electron chi connectivity index (χ1n) is 22.6. The van der Waals surface area contributed by atoms with Crippen molar-refractivity contribution in [3.05, 3.63) is 136 Å². The van der Waals surface area contributed by atoms with E-state index in [0.29, 0.717) is 56.9 Å². The van der Waals surface area contributed by atoms with Gasteiger partial charge in [0.05, 0.1) is 36.8 Å². The molecule has 10 rings (SSSR count). The van der Waals surface area contributed by atoms with Crippen LogP contribution in [0.4, 0.5) is 4.39 Å². The summed E-state index contributed by atoms with van der Waals surface area (Å²) in [6.07, 6.45) is 1.93. The minimum atomic E-state index is -1.22. The molecule has 13 nitrogen and oxygen atoms in total. The van der Waals surface area contributed by atoms with Crippen LogP contribution in [0.15, 0.2) is 97.5 Å². The summed E-state index contributed by atoms with van der Waals surface area (Å²) in [4.78, 5) is 55.4. The standard InChI is InChI=1S/C52H51ClFN7O6S/c1-5-65-52(63)43-28-36-26-33(10-17-41(36)66-30-38-18-19-55-49(58-38)40-8-6-7-9-42(40)64-4)27-44(62)61(25-24-60-22-20-59(3)21-23-60)29-35-13-16-39(32(2)47(35)53)45-46-50(67-43)56-31-57-51(46)68-48(45)34-11-14-37(54)15-12-34/h6-19,26,31,43H,5,20-25,27-30H2,1-4H3/t43-/m1/s1. The molecule has 0 aliphatic carbocycles. The van der Waals surface area contributed by atoms with Gasteiger partial charge in [-0.1, -0.05) is 60.1 Å². The largest absolute Gasteiger partial charge is 0.496 e. The second-order valence-electron chi connectivity index (χ2n) is 16.9. The number of likely N-dealkylation sites (N-methyl/N-ethyl adjacent to an activating group) is 1. The van der Waals surface area contributed by atoms with Crippen LogP contribution in [0.3, 0.4) is 0 Å². The maximum absolute atomic E-state index is 14.7. The summed E-state index contributed by atoms with van der Waals surface area (Å²) in [6.45, 7) is 9.07. The fourth-order valence-corrected chi connectivity index (χ4v) is 10.1. The Morgan fingerprint density at radius 3 is 2.53 bits per heavy atom. The summed E-state index contributed by atoms with van der Waals surface area (Å²) in [5, 5.41) is 1.08. The highest BCUT2D eigenvalue weighted by molar-refractivity contribution is 7.22. The van der Waals surface area contributed by atoms with Gasteiger partial charge in [-0.15, -0.1) is 11.3 Å². The number of carbonyl (C=O) groups excluding carboxylic acids is 2. The Kier molecular flexibility index (Phi) is 14.2. The summed E-state index contributed by atoms with van der Waals surface area (Å²) >= 11 is 8.76. The van der Waals surface area contributed by atoms with Crippen molar-refractivity contribution >= 4 is 45.0 Å². The maximum atomic E-state index is 14.7. The lowest BCUT2D eigenvalue weighted by Crippen LogP contribution is -2.47. The SMILES string of the molecule is CCOC(=O)[C@H]1Cc2cc(ccc2OCc2ccnc(-c3ccccc3OC)n2)CC(=O)N(CCN2CCN(C)CC2)Cc2ccc(c(C)c2Cl)-c2c(-c3ccc(F)cc3)sc3ncnc(c23)O1. The average molecular weight is 957 g/mol. The molecule has 3 aliphatic heterocycles. The lowest BCUT2D eigenvalue weighted by Gasteiger charge is -2.34. The van der Waals surface area contributed by atoms with Crippen LogP contribution < -0.4 is 14.2 Å². The van der Waals surface area contributed by atoms with Crippen LogP contribution in [0.2, 0.25) is 5.02 Å². The smallest absolute Gasteiger partial charge is 0.347 e. The number of thiophene rings is 1. The maximum Gasteiger partial charge on any atom is 0.347 e. The third kappa shape index (κ3) is 10.2. The minimum Gasteiger partial charge on any atom is -0.496 e. The van der Waals surface area contributed by atoms with Crippen molar-refractivity contribution in [2.45, 2.75) is 45.9 Å². The summed E-state index contributed by atoms with van der Waals surface area (Å²) in [6, 6.07) is 25.1. The number of carbonyl (C=O) groups is 2. The van der Waals surface area contributed by atoms with Crippen LogP contribution in [-0.4, -0.2) is 113 Å². The number of aromatic nitrogens is 4. The number of halogens is 2. The number of fused-ring (bicyclic) bond motifs is 7. The van der Waals surface area contributed by atoms with Gasteiger partial charge in [0.25, 0.3) is 0 Å². The third-order valence-electron chi connectivity index (χ3n) is 12.4. The van der Waals surface area contributed by atoms with Gasteiger partial charge in [-0.2, -0.15) is 0 Å². The van der Waals surface area contributed by atoms with Gasteiger partial charge in [0.1, 0.15) is 35.1 Å². The monoisotopic (exact) mass is 955 g/mol. The van der Waals surface area contributed by atoms with Crippen LogP contribution in [0.5, 0.6) is 17.4 Å². The molecule has 3 aliphatic rings. The molecule has 0 N–H and O–H groups in total. The number of hydrogen-bond donors (Lipinski definition) is 0. The quantitative estimate of drug-likeness (QED) is 0.115. The van der Waals surface area contributed by atoms with E-state index >= 15 is 0 Å². The summed E-state index contributed by atoms with van der Waals surface area (Å²) in [5.41, 5.74) is 6.48. The van der Waals surface area contributed by atoms with Crippen molar-refractivity contribution in [1.29, 1.82) is 0 Å². The number of nitrogens with zero attached hydrogens (tertiary/aromatic N) is 7. The molecule has 1 saturated heterocycles. The fraction of sp³-hybridized carbons (Fsp3) is 0.308. The first kappa shape index (κ1) is 46.6.